The highest BCUT2D eigenvalue weighted by atomic mass is 16.5. The lowest BCUT2D eigenvalue weighted by Gasteiger charge is -2.20. The molecular formula is C16H25N4O2+. The van der Waals surface area contributed by atoms with Gasteiger partial charge in [-0.3, -0.25) is 0 Å². The molecule has 22 heavy (non-hydrogen) atoms. The van der Waals surface area contributed by atoms with E-state index in [4.69, 9.17) is 9.47 Å². The molecule has 6 heteroatoms. The first-order valence-corrected chi connectivity index (χ1v) is 7.46. The lowest BCUT2D eigenvalue weighted by atomic mass is 9.85. The molecule has 1 aromatic rings. The third-order valence-corrected chi connectivity index (χ3v) is 3.94. The Bertz CT molecular complexity index is 563. The molecule has 0 aliphatic heterocycles. The van der Waals surface area contributed by atoms with E-state index in [1.165, 1.54) is 0 Å². The molecule has 1 N–H and O–H groups in total. The van der Waals surface area contributed by atoms with Crippen molar-refractivity contribution in [2.24, 2.45) is 10.5 Å². The zero-order valence-electron chi connectivity index (χ0n) is 13.9. The van der Waals surface area contributed by atoms with Crippen LogP contribution in [0.4, 0.5) is 0 Å². The first-order chi connectivity index (χ1) is 10.5. The summed E-state index contributed by atoms with van der Waals surface area (Å²) in [6.07, 6.45) is 11.0. The van der Waals surface area contributed by atoms with Crippen LogP contribution in [0.5, 0.6) is 0 Å². The monoisotopic (exact) mass is 305 g/mol. The number of H-pyrrole nitrogens is 1. The number of hydrogen-bond donors (Lipinski definition) is 1. The molecule has 0 bridgehead atoms. The molecule has 1 unspecified atom stereocenters. The molecule has 1 aliphatic carbocycles. The maximum atomic E-state index is 5.39. The zero-order valence-corrected chi connectivity index (χ0v) is 13.9. The Morgan fingerprint density at radius 3 is 2.64 bits per heavy atom. The van der Waals surface area contributed by atoms with E-state index in [0.29, 0.717) is 0 Å². The number of aromatic amines is 1. The molecule has 1 heterocycles. The largest absolute Gasteiger partial charge is 0.371 e. The number of methoxy groups -OCH3 is 2. The fraction of sp³-hybridized carbons (Fsp3) is 0.562. The summed E-state index contributed by atoms with van der Waals surface area (Å²) in [6, 6.07) is 0. The predicted molar refractivity (Wildman–Crippen MR) is 84.5 cm³/mol. The number of nitrogens with zero attached hydrogens (tertiary/aromatic N) is 3. The van der Waals surface area contributed by atoms with E-state index >= 15 is 0 Å². The van der Waals surface area contributed by atoms with Crippen molar-refractivity contribution in [3.63, 3.8) is 0 Å². The molecule has 0 amide bonds. The van der Waals surface area contributed by atoms with Gasteiger partial charge in [-0.2, -0.15) is 0 Å². The Kier molecular flexibility index (Phi) is 5.26. The number of hydrogen-bond acceptors (Lipinski definition) is 4. The van der Waals surface area contributed by atoms with Gasteiger partial charge in [0.2, 0.25) is 0 Å². The summed E-state index contributed by atoms with van der Waals surface area (Å²) in [6.45, 7) is 6.04. The summed E-state index contributed by atoms with van der Waals surface area (Å²) in [5, 5.41) is 12.0. The Hall–Kier alpha value is -1.79. The minimum Gasteiger partial charge on any atom is -0.371 e. The normalized spacial score (nSPS) is 24.0. The van der Waals surface area contributed by atoms with Crippen molar-refractivity contribution in [1.82, 2.24) is 10.2 Å². The van der Waals surface area contributed by atoms with Crippen LogP contribution in [0.25, 0.3) is 0 Å². The van der Waals surface area contributed by atoms with Gasteiger partial charge in [-0.1, -0.05) is 31.2 Å². The van der Waals surface area contributed by atoms with Crippen LogP contribution in [0.3, 0.4) is 0 Å². The first-order valence-electron chi connectivity index (χ1n) is 7.46. The molecule has 0 spiro atoms. The van der Waals surface area contributed by atoms with Crippen molar-refractivity contribution in [3.8, 4) is 0 Å². The summed E-state index contributed by atoms with van der Waals surface area (Å²) in [7, 11) is 3.32. The molecule has 3 atom stereocenters. The third kappa shape index (κ3) is 3.51. The molecule has 2 rings (SSSR count). The summed E-state index contributed by atoms with van der Waals surface area (Å²) in [5.74, 6) is 1.51. The second-order valence-electron chi connectivity index (χ2n) is 5.78. The number of nitrogens with one attached hydrogen (secondary N) is 1. The van der Waals surface area contributed by atoms with Crippen LogP contribution in [0, 0.1) is 5.41 Å². The number of ether oxygens (including phenoxy) is 2. The topological polar surface area (TPSA) is 63.4 Å². The fourth-order valence-electron chi connectivity index (χ4n) is 2.23. The van der Waals surface area contributed by atoms with Crippen LogP contribution < -0.4 is 4.68 Å². The van der Waals surface area contributed by atoms with Gasteiger partial charge in [-0.25, -0.2) is 0 Å². The van der Waals surface area contributed by atoms with E-state index in [0.717, 1.165) is 18.1 Å². The fourth-order valence-corrected chi connectivity index (χ4v) is 2.23. The predicted octanol–water partition coefficient (Wildman–Crippen LogP) is 2.47. The van der Waals surface area contributed by atoms with Gasteiger partial charge in [0, 0.05) is 24.7 Å². The van der Waals surface area contributed by atoms with Crippen molar-refractivity contribution in [2.75, 3.05) is 14.2 Å². The molecule has 0 fully saturated rings. The average Bonchev–Trinajstić information content (AvgIpc) is 2.96. The van der Waals surface area contributed by atoms with Crippen molar-refractivity contribution in [1.29, 1.82) is 0 Å². The van der Waals surface area contributed by atoms with E-state index in [2.05, 4.69) is 40.5 Å². The highest BCUT2D eigenvalue weighted by molar-refractivity contribution is 5.68. The van der Waals surface area contributed by atoms with Gasteiger partial charge in [0.05, 0.1) is 6.21 Å². The lowest BCUT2D eigenvalue weighted by Crippen LogP contribution is -2.39. The quantitative estimate of drug-likeness (QED) is 0.648. The summed E-state index contributed by atoms with van der Waals surface area (Å²) in [4.78, 5) is 0. The zero-order chi connectivity index (χ0) is 16.2. The van der Waals surface area contributed by atoms with Gasteiger partial charge in [0.25, 0.3) is 5.82 Å². The minimum atomic E-state index is -0.166. The van der Waals surface area contributed by atoms with Gasteiger partial charge < -0.3 is 9.47 Å². The van der Waals surface area contributed by atoms with E-state index < -0.39 is 0 Å². The molecule has 1 aliphatic rings. The summed E-state index contributed by atoms with van der Waals surface area (Å²) >= 11 is 0. The van der Waals surface area contributed by atoms with Crippen LogP contribution >= 0.6 is 0 Å². The van der Waals surface area contributed by atoms with Crippen molar-refractivity contribution < 1.29 is 14.1 Å². The van der Waals surface area contributed by atoms with E-state index in [9.17, 15) is 0 Å². The molecule has 120 valence electrons. The van der Waals surface area contributed by atoms with Gasteiger partial charge in [0.1, 0.15) is 12.2 Å². The van der Waals surface area contributed by atoms with Crippen molar-refractivity contribution >= 4 is 6.21 Å². The highest BCUT2D eigenvalue weighted by Crippen LogP contribution is 2.24. The maximum Gasteiger partial charge on any atom is 0.329 e. The van der Waals surface area contributed by atoms with Gasteiger partial charge in [-0.05, 0) is 20.3 Å². The van der Waals surface area contributed by atoms with Crippen molar-refractivity contribution in [2.45, 2.75) is 39.4 Å². The molecule has 0 saturated heterocycles. The number of aromatic nitrogens is 3. The van der Waals surface area contributed by atoms with Crippen LogP contribution in [0.2, 0.25) is 0 Å². The lowest BCUT2D eigenvalue weighted by molar-refractivity contribution is -0.700. The van der Waals surface area contributed by atoms with Crippen LogP contribution in [0.15, 0.2) is 29.4 Å². The molecule has 0 saturated carbocycles. The maximum absolute atomic E-state index is 5.39. The van der Waals surface area contributed by atoms with Gasteiger partial charge in [-0.15, -0.1) is 14.9 Å². The van der Waals surface area contributed by atoms with Crippen LogP contribution in [-0.4, -0.2) is 30.6 Å². The Morgan fingerprint density at radius 1 is 1.32 bits per heavy atom. The Morgan fingerprint density at radius 2 is 2.05 bits per heavy atom. The molecular weight excluding hydrogens is 280 g/mol. The van der Waals surface area contributed by atoms with E-state index in [1.807, 2.05) is 26.1 Å². The van der Waals surface area contributed by atoms with E-state index in [-0.39, 0.29) is 17.6 Å². The SMILES string of the molecule is CO[C@@H](C)c1n[nH]c([C@H](C)OC)[n+]1N=CC1(C)C=CC=CC1. The summed E-state index contributed by atoms with van der Waals surface area (Å²) < 4.78 is 12.5. The number of allylic oxidation sites excluding steroid dienone is 4. The van der Waals surface area contributed by atoms with Crippen LogP contribution in [-0.2, 0) is 9.47 Å². The van der Waals surface area contributed by atoms with Gasteiger partial charge in [0.15, 0.2) is 0 Å². The molecule has 0 aromatic carbocycles. The third-order valence-electron chi connectivity index (χ3n) is 3.94. The molecule has 1 aromatic heterocycles. The summed E-state index contributed by atoms with van der Waals surface area (Å²) in [5.41, 5.74) is -0.0970. The second-order valence-corrected chi connectivity index (χ2v) is 5.78. The van der Waals surface area contributed by atoms with Crippen LogP contribution in [0.1, 0.15) is 51.0 Å². The minimum absolute atomic E-state index is 0.0970. The van der Waals surface area contributed by atoms with Gasteiger partial charge >= 0.3 is 5.82 Å². The first kappa shape index (κ1) is 16.6. The van der Waals surface area contributed by atoms with Crippen molar-refractivity contribution in [3.05, 3.63) is 36.0 Å². The highest BCUT2D eigenvalue weighted by Gasteiger charge is 2.29. The Labute approximate surface area is 131 Å². The van der Waals surface area contributed by atoms with E-state index in [1.54, 1.807) is 18.9 Å². The average molecular weight is 305 g/mol. The molecule has 0 radical (unpaired) electrons. The number of rotatable bonds is 6. The smallest absolute Gasteiger partial charge is 0.329 e. The molecule has 6 nitrogen and oxygen atoms in total. The second kappa shape index (κ2) is 6.98. The standard InChI is InChI=1S/C16H24N4O2/c1-12(21-4)14-18-19-15(13(2)22-5)20(14)17-11-16(3)9-7-6-8-10-16/h6-9,11-13H,10H2,1-5H3/p+1/t12-,13-,16?/m0/s1. The Balaban J connectivity index is 2.36.